The molecule has 1 amide bonds. The summed E-state index contributed by atoms with van der Waals surface area (Å²) in [6.45, 7) is 2.00. The fourth-order valence-electron chi connectivity index (χ4n) is 1.28. The van der Waals surface area contributed by atoms with E-state index in [2.05, 4.69) is 0 Å². The second-order valence-corrected chi connectivity index (χ2v) is 3.59. The first-order valence-electron chi connectivity index (χ1n) is 5.08. The van der Waals surface area contributed by atoms with Crippen molar-refractivity contribution in [3.05, 3.63) is 35.9 Å². The number of nitrogens with zero attached hydrogens (tertiary/aromatic N) is 1. The van der Waals surface area contributed by atoms with Gasteiger partial charge in [-0.25, -0.2) is 4.79 Å². The zero-order valence-electron chi connectivity index (χ0n) is 9.43. The molecule has 3 nitrogen and oxygen atoms in total. The number of benzene rings is 1. The molecule has 0 bridgehead atoms. The van der Waals surface area contributed by atoms with Gasteiger partial charge in [0.25, 0.3) is 0 Å². The third-order valence-corrected chi connectivity index (χ3v) is 2.15. The Balaban J connectivity index is 2.69. The van der Waals surface area contributed by atoms with Crippen LogP contribution in [0, 0.1) is 0 Å². The molecule has 1 aromatic carbocycles. The van der Waals surface area contributed by atoms with Crippen molar-refractivity contribution in [3.63, 3.8) is 0 Å². The van der Waals surface area contributed by atoms with E-state index in [1.54, 1.807) is 14.1 Å². The predicted octanol–water partition coefficient (Wildman–Crippen LogP) is 2.84. The molecule has 0 saturated heterocycles. The molecule has 0 fully saturated rings. The van der Waals surface area contributed by atoms with Crippen molar-refractivity contribution in [2.24, 2.45) is 0 Å². The Morgan fingerprint density at radius 3 is 2.40 bits per heavy atom. The molecule has 0 aliphatic rings. The summed E-state index contributed by atoms with van der Waals surface area (Å²) >= 11 is 0. The molecule has 0 aliphatic carbocycles. The summed E-state index contributed by atoms with van der Waals surface area (Å²) in [4.78, 5) is 12.8. The van der Waals surface area contributed by atoms with Crippen LogP contribution in [0.2, 0.25) is 0 Å². The van der Waals surface area contributed by atoms with Gasteiger partial charge in [-0.3, -0.25) is 0 Å². The molecule has 0 N–H and O–H groups in total. The lowest BCUT2D eigenvalue weighted by atomic mass is 10.1. The van der Waals surface area contributed by atoms with Crippen LogP contribution in [0.1, 0.15) is 25.0 Å². The fraction of sp³-hybridized carbons (Fsp3) is 0.417. The molecule has 0 heterocycles. The Labute approximate surface area is 90.7 Å². The average Bonchev–Trinajstić information content (AvgIpc) is 2.26. The van der Waals surface area contributed by atoms with Crippen LogP contribution in [-0.2, 0) is 4.74 Å². The molecule has 0 saturated carbocycles. The topological polar surface area (TPSA) is 29.5 Å². The quantitative estimate of drug-likeness (QED) is 0.762. The van der Waals surface area contributed by atoms with Gasteiger partial charge in [0.15, 0.2) is 0 Å². The zero-order valence-corrected chi connectivity index (χ0v) is 9.43. The van der Waals surface area contributed by atoms with Gasteiger partial charge in [0.1, 0.15) is 6.10 Å². The standard InChI is InChI=1S/C12H17NO2/c1-4-11(15-12(14)13(2)3)10-8-6-5-7-9-10/h5-9,11H,4H2,1-3H3/t11-/m0/s1. The van der Waals surface area contributed by atoms with Gasteiger partial charge in [-0.15, -0.1) is 0 Å². The summed E-state index contributed by atoms with van der Waals surface area (Å²) in [7, 11) is 3.36. The molecule has 82 valence electrons. The summed E-state index contributed by atoms with van der Waals surface area (Å²) < 4.78 is 5.33. The van der Waals surface area contributed by atoms with Crippen molar-refractivity contribution in [2.75, 3.05) is 14.1 Å². The summed E-state index contributed by atoms with van der Waals surface area (Å²) in [5.41, 5.74) is 1.04. The molecular weight excluding hydrogens is 190 g/mol. The number of carbonyl (C=O) groups is 1. The highest BCUT2D eigenvalue weighted by atomic mass is 16.6. The Morgan fingerprint density at radius 1 is 1.33 bits per heavy atom. The van der Waals surface area contributed by atoms with Crippen molar-refractivity contribution in [3.8, 4) is 0 Å². The Bertz CT molecular complexity index is 309. The predicted molar refractivity (Wildman–Crippen MR) is 59.6 cm³/mol. The highest BCUT2D eigenvalue weighted by Crippen LogP contribution is 2.20. The van der Waals surface area contributed by atoms with Gasteiger partial charge in [0.05, 0.1) is 0 Å². The maximum atomic E-state index is 11.4. The van der Waals surface area contributed by atoms with Crippen molar-refractivity contribution < 1.29 is 9.53 Å². The normalized spacial score (nSPS) is 11.9. The van der Waals surface area contributed by atoms with Crippen molar-refractivity contribution in [2.45, 2.75) is 19.4 Å². The van der Waals surface area contributed by atoms with E-state index >= 15 is 0 Å². The van der Waals surface area contributed by atoms with Crippen LogP contribution in [0.25, 0.3) is 0 Å². The van der Waals surface area contributed by atoms with Crippen LogP contribution < -0.4 is 0 Å². The molecule has 3 heteroatoms. The van der Waals surface area contributed by atoms with E-state index in [0.29, 0.717) is 0 Å². The molecule has 15 heavy (non-hydrogen) atoms. The number of hydrogen-bond acceptors (Lipinski definition) is 2. The minimum absolute atomic E-state index is 0.152. The van der Waals surface area contributed by atoms with E-state index in [9.17, 15) is 4.79 Å². The smallest absolute Gasteiger partial charge is 0.409 e. The number of amides is 1. The summed E-state index contributed by atoms with van der Waals surface area (Å²) in [6.07, 6.45) is 0.329. The van der Waals surface area contributed by atoms with Crippen LogP contribution in [0.5, 0.6) is 0 Å². The van der Waals surface area contributed by atoms with Crippen LogP contribution in [0.3, 0.4) is 0 Å². The van der Waals surface area contributed by atoms with Crippen LogP contribution >= 0.6 is 0 Å². The van der Waals surface area contributed by atoms with Crippen molar-refractivity contribution in [1.29, 1.82) is 0 Å². The SMILES string of the molecule is CC[C@H](OC(=O)N(C)C)c1ccccc1. The second-order valence-electron chi connectivity index (χ2n) is 3.59. The van der Waals surface area contributed by atoms with Crippen molar-refractivity contribution >= 4 is 6.09 Å². The molecule has 0 unspecified atom stereocenters. The van der Waals surface area contributed by atoms with Gasteiger partial charge in [0, 0.05) is 14.1 Å². The van der Waals surface area contributed by atoms with Gasteiger partial charge in [-0.2, -0.15) is 0 Å². The lowest BCUT2D eigenvalue weighted by Gasteiger charge is -2.19. The van der Waals surface area contributed by atoms with Gasteiger partial charge in [-0.05, 0) is 12.0 Å². The molecule has 1 rings (SSSR count). The monoisotopic (exact) mass is 207 g/mol. The van der Waals surface area contributed by atoms with E-state index in [0.717, 1.165) is 12.0 Å². The summed E-state index contributed by atoms with van der Waals surface area (Å²) in [6, 6.07) is 9.78. The first-order chi connectivity index (χ1) is 7.15. The number of ether oxygens (including phenoxy) is 1. The minimum Gasteiger partial charge on any atom is -0.441 e. The molecule has 0 aliphatic heterocycles. The number of hydrogen-bond donors (Lipinski definition) is 0. The summed E-state index contributed by atoms with van der Waals surface area (Å²) in [5.74, 6) is 0. The van der Waals surface area contributed by atoms with Crippen LogP contribution in [0.4, 0.5) is 4.79 Å². The first-order valence-corrected chi connectivity index (χ1v) is 5.08. The summed E-state index contributed by atoms with van der Waals surface area (Å²) in [5, 5.41) is 0. The number of rotatable bonds is 3. The average molecular weight is 207 g/mol. The molecular formula is C12H17NO2. The van der Waals surface area contributed by atoms with Gasteiger partial charge >= 0.3 is 6.09 Å². The van der Waals surface area contributed by atoms with E-state index in [1.807, 2.05) is 37.3 Å². The highest BCUT2D eigenvalue weighted by Gasteiger charge is 2.15. The molecule has 1 aromatic rings. The van der Waals surface area contributed by atoms with E-state index in [-0.39, 0.29) is 12.2 Å². The molecule has 1 atom stereocenters. The third-order valence-electron chi connectivity index (χ3n) is 2.15. The third kappa shape index (κ3) is 3.27. The maximum Gasteiger partial charge on any atom is 0.409 e. The fourth-order valence-corrected chi connectivity index (χ4v) is 1.28. The maximum absolute atomic E-state index is 11.4. The van der Waals surface area contributed by atoms with E-state index in [4.69, 9.17) is 4.74 Å². The minimum atomic E-state index is -0.300. The van der Waals surface area contributed by atoms with E-state index < -0.39 is 0 Å². The van der Waals surface area contributed by atoms with Gasteiger partial charge < -0.3 is 9.64 Å². The van der Waals surface area contributed by atoms with Gasteiger partial charge in [0.2, 0.25) is 0 Å². The Hall–Kier alpha value is -1.51. The van der Waals surface area contributed by atoms with Crippen molar-refractivity contribution in [1.82, 2.24) is 4.90 Å². The van der Waals surface area contributed by atoms with Gasteiger partial charge in [-0.1, -0.05) is 37.3 Å². The Kier molecular flexibility index (Phi) is 4.16. The van der Waals surface area contributed by atoms with E-state index in [1.165, 1.54) is 4.90 Å². The lowest BCUT2D eigenvalue weighted by Crippen LogP contribution is -2.24. The number of carbonyl (C=O) groups excluding carboxylic acids is 1. The molecule has 0 spiro atoms. The van der Waals surface area contributed by atoms with Crippen LogP contribution in [-0.4, -0.2) is 25.1 Å². The first kappa shape index (κ1) is 11.6. The second kappa shape index (κ2) is 5.39. The largest absolute Gasteiger partial charge is 0.441 e. The molecule has 0 radical (unpaired) electrons. The lowest BCUT2D eigenvalue weighted by molar-refractivity contribution is 0.0723. The zero-order chi connectivity index (χ0) is 11.3. The molecule has 0 aromatic heterocycles. The Morgan fingerprint density at radius 2 is 1.93 bits per heavy atom. The highest BCUT2D eigenvalue weighted by molar-refractivity contribution is 5.67. The van der Waals surface area contributed by atoms with Crippen LogP contribution in [0.15, 0.2) is 30.3 Å².